The van der Waals surface area contributed by atoms with Gasteiger partial charge in [0.15, 0.2) is 0 Å². The van der Waals surface area contributed by atoms with Crippen molar-refractivity contribution in [3.8, 4) is 5.75 Å². The first-order valence-electron chi connectivity index (χ1n) is 3.59. The van der Waals surface area contributed by atoms with Crippen LogP contribution in [0.25, 0.3) is 0 Å². The fraction of sp³-hybridized carbons (Fsp3) is 0.250. The number of hydrogen-bond donors (Lipinski definition) is 2. The van der Waals surface area contributed by atoms with E-state index in [4.69, 9.17) is 5.73 Å². The maximum absolute atomic E-state index is 9.25. The molecule has 72 valence electrons. The molecule has 0 spiro atoms. The molecular weight excluding hydrogens is 281 g/mol. The number of rotatable bonds is 2. The Morgan fingerprint density at radius 2 is 2.38 bits per heavy atom. The predicted molar refractivity (Wildman–Crippen MR) is 62.3 cm³/mol. The van der Waals surface area contributed by atoms with E-state index >= 15 is 0 Å². The molecule has 0 unspecified atom stereocenters. The van der Waals surface area contributed by atoms with Gasteiger partial charge in [0.2, 0.25) is 0 Å². The van der Waals surface area contributed by atoms with E-state index in [0.29, 0.717) is 18.1 Å². The molecule has 0 aliphatic carbocycles. The average Bonchev–Trinajstić information content (AvgIpc) is 2.03. The Labute approximate surface area is 93.9 Å². The van der Waals surface area contributed by atoms with Crippen molar-refractivity contribution in [1.29, 1.82) is 0 Å². The van der Waals surface area contributed by atoms with E-state index in [1.165, 1.54) is 0 Å². The van der Waals surface area contributed by atoms with E-state index in [1.54, 1.807) is 25.3 Å². The van der Waals surface area contributed by atoms with Crippen LogP contribution < -0.4 is 5.73 Å². The largest absolute Gasteiger partial charge is 0.506 e. The summed E-state index contributed by atoms with van der Waals surface area (Å²) in [6.07, 6.45) is 1.61. The highest BCUT2D eigenvalue weighted by molar-refractivity contribution is 14.0. The molecule has 4 nitrogen and oxygen atoms in total. The molecule has 0 saturated carbocycles. The minimum atomic E-state index is 0. The molecule has 1 rings (SSSR count). The lowest BCUT2D eigenvalue weighted by atomic mass is 10.3. The van der Waals surface area contributed by atoms with Gasteiger partial charge in [-0.25, -0.2) is 0 Å². The van der Waals surface area contributed by atoms with Crippen molar-refractivity contribution in [2.24, 2.45) is 10.7 Å². The first-order chi connectivity index (χ1) is 5.70. The van der Waals surface area contributed by atoms with Gasteiger partial charge in [0.1, 0.15) is 11.4 Å². The Balaban J connectivity index is 0.00000144. The highest BCUT2D eigenvalue weighted by Gasteiger charge is 1.98. The second-order valence-electron chi connectivity index (χ2n) is 2.43. The van der Waals surface area contributed by atoms with E-state index in [-0.39, 0.29) is 29.7 Å². The van der Waals surface area contributed by atoms with Gasteiger partial charge in [-0.3, -0.25) is 9.98 Å². The third-order valence-corrected chi connectivity index (χ3v) is 1.34. The molecule has 5 heteroatoms. The third kappa shape index (κ3) is 4.07. The zero-order valence-corrected chi connectivity index (χ0v) is 9.60. The summed E-state index contributed by atoms with van der Waals surface area (Å²) >= 11 is 0. The van der Waals surface area contributed by atoms with Crippen LogP contribution in [0.2, 0.25) is 0 Å². The minimum Gasteiger partial charge on any atom is -0.506 e. The molecule has 0 bridgehead atoms. The SMILES string of the molecule is CC(N)=NCc1ncccc1O.I. The van der Waals surface area contributed by atoms with Crippen LogP contribution >= 0.6 is 24.0 Å². The van der Waals surface area contributed by atoms with Gasteiger partial charge >= 0.3 is 0 Å². The van der Waals surface area contributed by atoms with E-state index in [1.807, 2.05) is 0 Å². The van der Waals surface area contributed by atoms with Crippen LogP contribution in [-0.4, -0.2) is 15.9 Å². The number of halogens is 1. The molecule has 0 amide bonds. The summed E-state index contributed by atoms with van der Waals surface area (Å²) in [5.74, 6) is 0.641. The van der Waals surface area contributed by atoms with Crippen LogP contribution in [0.15, 0.2) is 23.3 Å². The Bertz CT molecular complexity index is 297. The topological polar surface area (TPSA) is 71.5 Å². The summed E-state index contributed by atoms with van der Waals surface area (Å²) in [4.78, 5) is 7.87. The number of aromatic hydroxyl groups is 1. The van der Waals surface area contributed by atoms with Gasteiger partial charge in [0, 0.05) is 6.20 Å². The fourth-order valence-corrected chi connectivity index (χ4v) is 0.751. The van der Waals surface area contributed by atoms with Gasteiger partial charge < -0.3 is 10.8 Å². The van der Waals surface area contributed by atoms with Crippen molar-refractivity contribution in [2.75, 3.05) is 0 Å². The molecule has 0 aliphatic rings. The Morgan fingerprint density at radius 3 is 2.92 bits per heavy atom. The predicted octanol–water partition coefficient (Wildman–Crippen LogP) is 1.28. The van der Waals surface area contributed by atoms with Crippen LogP contribution in [0.4, 0.5) is 0 Å². The molecule has 1 aromatic rings. The zero-order chi connectivity index (χ0) is 8.97. The van der Waals surface area contributed by atoms with Crippen molar-refractivity contribution in [2.45, 2.75) is 13.5 Å². The molecule has 0 saturated heterocycles. The van der Waals surface area contributed by atoms with Gasteiger partial charge in [-0.15, -0.1) is 24.0 Å². The smallest absolute Gasteiger partial charge is 0.139 e. The van der Waals surface area contributed by atoms with Crippen LogP contribution in [-0.2, 0) is 6.54 Å². The molecule has 0 aliphatic heterocycles. The number of amidine groups is 1. The van der Waals surface area contributed by atoms with Gasteiger partial charge in [0.05, 0.1) is 12.4 Å². The molecule has 1 heterocycles. The summed E-state index contributed by atoms with van der Waals surface area (Å²) < 4.78 is 0. The lowest BCUT2D eigenvalue weighted by Gasteiger charge is -1.98. The van der Waals surface area contributed by atoms with Gasteiger partial charge in [-0.05, 0) is 19.1 Å². The lowest BCUT2D eigenvalue weighted by molar-refractivity contribution is 0.464. The Kier molecular flexibility index (Phi) is 5.36. The van der Waals surface area contributed by atoms with Crippen molar-refractivity contribution in [3.05, 3.63) is 24.0 Å². The molecule has 0 atom stereocenters. The summed E-state index contributed by atoms with van der Waals surface area (Å²) in [7, 11) is 0. The van der Waals surface area contributed by atoms with E-state index < -0.39 is 0 Å². The summed E-state index contributed by atoms with van der Waals surface area (Å²) in [6, 6.07) is 3.24. The Morgan fingerprint density at radius 1 is 1.69 bits per heavy atom. The Hall–Kier alpha value is -0.850. The number of nitrogens with two attached hydrogens (primary N) is 1. The van der Waals surface area contributed by atoms with Crippen LogP contribution in [0.3, 0.4) is 0 Å². The van der Waals surface area contributed by atoms with Crippen molar-refractivity contribution < 1.29 is 5.11 Å². The number of nitrogens with zero attached hydrogens (tertiary/aromatic N) is 2. The summed E-state index contributed by atoms with van der Waals surface area (Å²) in [5.41, 5.74) is 5.87. The summed E-state index contributed by atoms with van der Waals surface area (Å²) in [5, 5.41) is 9.25. The van der Waals surface area contributed by atoms with Gasteiger partial charge in [0.25, 0.3) is 0 Å². The third-order valence-electron chi connectivity index (χ3n) is 1.34. The monoisotopic (exact) mass is 293 g/mol. The van der Waals surface area contributed by atoms with E-state index in [0.717, 1.165) is 0 Å². The summed E-state index contributed by atoms with van der Waals surface area (Å²) in [6.45, 7) is 2.02. The molecule has 13 heavy (non-hydrogen) atoms. The number of aromatic nitrogens is 1. The van der Waals surface area contributed by atoms with E-state index in [2.05, 4.69) is 9.98 Å². The minimum absolute atomic E-state index is 0. The van der Waals surface area contributed by atoms with Crippen molar-refractivity contribution >= 4 is 29.8 Å². The highest BCUT2D eigenvalue weighted by atomic mass is 127. The highest BCUT2D eigenvalue weighted by Crippen LogP contribution is 2.12. The van der Waals surface area contributed by atoms with Gasteiger partial charge in [-0.1, -0.05) is 0 Å². The molecule has 1 aromatic heterocycles. The van der Waals surface area contributed by atoms with E-state index in [9.17, 15) is 5.11 Å². The molecule has 3 N–H and O–H groups in total. The lowest BCUT2D eigenvalue weighted by Crippen LogP contribution is -2.05. The average molecular weight is 293 g/mol. The molecular formula is C8H12IN3O. The first kappa shape index (κ1) is 12.2. The number of pyridine rings is 1. The fourth-order valence-electron chi connectivity index (χ4n) is 0.751. The second kappa shape index (κ2) is 5.74. The molecule has 0 radical (unpaired) electrons. The van der Waals surface area contributed by atoms with Gasteiger partial charge in [-0.2, -0.15) is 0 Å². The quantitative estimate of drug-likeness (QED) is 0.490. The maximum Gasteiger partial charge on any atom is 0.139 e. The zero-order valence-electron chi connectivity index (χ0n) is 7.27. The first-order valence-corrected chi connectivity index (χ1v) is 3.59. The van der Waals surface area contributed by atoms with Crippen molar-refractivity contribution in [1.82, 2.24) is 4.98 Å². The van der Waals surface area contributed by atoms with Crippen LogP contribution in [0.5, 0.6) is 5.75 Å². The number of hydrogen-bond acceptors (Lipinski definition) is 3. The maximum atomic E-state index is 9.25. The van der Waals surface area contributed by atoms with Crippen LogP contribution in [0, 0.1) is 0 Å². The molecule has 0 fully saturated rings. The van der Waals surface area contributed by atoms with Crippen molar-refractivity contribution in [3.63, 3.8) is 0 Å². The number of aliphatic imine (C=N–C) groups is 1. The standard InChI is InChI=1S/C8H11N3O.HI/c1-6(9)11-5-7-8(12)3-2-4-10-7;/h2-4,12H,5H2,1H3,(H2,9,11);1H. The molecule has 0 aromatic carbocycles. The normalized spacial score (nSPS) is 10.7. The second-order valence-corrected chi connectivity index (χ2v) is 2.43. The van der Waals surface area contributed by atoms with Crippen LogP contribution in [0.1, 0.15) is 12.6 Å².